The second kappa shape index (κ2) is 15.7. The Morgan fingerprint density at radius 1 is 0.312 bits per heavy atom. The monoisotopic (exact) mass is 618 g/mol. The molecule has 0 saturated carbocycles. The lowest BCUT2D eigenvalue weighted by molar-refractivity contribution is 0.989. The third-order valence-corrected chi connectivity index (χ3v) is 8.84. The summed E-state index contributed by atoms with van der Waals surface area (Å²) in [7, 11) is 0. The van der Waals surface area contributed by atoms with Crippen molar-refractivity contribution in [3.8, 4) is 11.1 Å². The summed E-state index contributed by atoms with van der Waals surface area (Å²) < 4.78 is 0. The topological polar surface area (TPSA) is 0 Å². The van der Waals surface area contributed by atoms with Crippen LogP contribution in [-0.4, -0.2) is 0 Å². The highest BCUT2D eigenvalue weighted by Gasteiger charge is 2.19. The molecule has 234 valence electrons. The second-order valence-corrected chi connectivity index (χ2v) is 12.4. The van der Waals surface area contributed by atoms with E-state index in [9.17, 15) is 0 Å². The van der Waals surface area contributed by atoms with E-state index in [1.807, 2.05) is 18.2 Å². The quantitative estimate of drug-likeness (QED) is 0.172. The van der Waals surface area contributed by atoms with E-state index >= 15 is 0 Å². The van der Waals surface area contributed by atoms with Gasteiger partial charge in [0.2, 0.25) is 0 Å². The molecule has 0 radical (unpaired) electrons. The van der Waals surface area contributed by atoms with E-state index in [2.05, 4.69) is 197 Å². The molecule has 48 heavy (non-hydrogen) atoms. The first kappa shape index (κ1) is 32.2. The van der Waals surface area contributed by atoms with Crippen molar-refractivity contribution in [1.82, 2.24) is 0 Å². The predicted molar refractivity (Wildman–Crippen MR) is 208 cm³/mol. The van der Waals surface area contributed by atoms with Gasteiger partial charge in [-0.15, -0.1) is 0 Å². The summed E-state index contributed by atoms with van der Waals surface area (Å²) in [6, 6.07) is 69.1. The highest BCUT2D eigenvalue weighted by Crippen LogP contribution is 2.37. The standard InChI is InChI=1S/C30H24.C11H10.C7H8/c1-22-14-16-23(17-15-22)24-18-20-27(21-19-24)30(26-9-3-2-4-10-26)29-13-7-11-25-8-5-6-12-28(25)29;1-9-5-4-7-10-6-2-3-8-11(9)10;1-7-5-3-2-4-6-7/h2-21,30H,1H3;2-8H,1H3;2-6H,1H3. The van der Waals surface area contributed by atoms with Crippen LogP contribution in [0.5, 0.6) is 0 Å². The maximum Gasteiger partial charge on any atom is 0.0346 e. The van der Waals surface area contributed by atoms with Crippen molar-refractivity contribution in [3.63, 3.8) is 0 Å². The predicted octanol–water partition coefficient (Wildman–Crippen LogP) is 13.1. The normalized spacial score (nSPS) is 11.1. The summed E-state index contributed by atoms with van der Waals surface area (Å²) >= 11 is 0. The van der Waals surface area contributed by atoms with Gasteiger partial charge in [0.25, 0.3) is 0 Å². The van der Waals surface area contributed by atoms with Gasteiger partial charge in [0.1, 0.15) is 0 Å². The maximum atomic E-state index is 2.29. The van der Waals surface area contributed by atoms with E-state index < -0.39 is 0 Å². The summed E-state index contributed by atoms with van der Waals surface area (Å²) in [6.45, 7) is 6.35. The Kier molecular flexibility index (Phi) is 10.6. The molecule has 0 bridgehead atoms. The van der Waals surface area contributed by atoms with Gasteiger partial charge in [-0.05, 0) is 75.7 Å². The second-order valence-electron chi connectivity index (χ2n) is 12.4. The number of aryl methyl sites for hydroxylation is 3. The summed E-state index contributed by atoms with van der Waals surface area (Å²) in [6.07, 6.45) is 0. The SMILES string of the molecule is Cc1ccc(-c2ccc(C(c3ccccc3)c3cccc4ccccc34)cc2)cc1.Cc1cccc2ccccc12.Cc1ccccc1. The average Bonchev–Trinajstić information content (AvgIpc) is 3.14. The van der Waals surface area contributed by atoms with Crippen molar-refractivity contribution in [2.75, 3.05) is 0 Å². The molecule has 8 rings (SSSR count). The molecule has 0 spiro atoms. The largest absolute Gasteiger partial charge is 0.0622 e. The van der Waals surface area contributed by atoms with E-state index in [1.165, 1.54) is 66.1 Å². The van der Waals surface area contributed by atoms with Crippen LogP contribution in [0.25, 0.3) is 32.7 Å². The minimum absolute atomic E-state index is 0.198. The third kappa shape index (κ3) is 7.97. The molecule has 1 atom stereocenters. The Morgan fingerprint density at radius 2 is 0.750 bits per heavy atom. The fourth-order valence-electron chi connectivity index (χ4n) is 6.24. The van der Waals surface area contributed by atoms with Gasteiger partial charge in [0.05, 0.1) is 0 Å². The number of hydrogen-bond donors (Lipinski definition) is 0. The summed E-state index contributed by atoms with van der Waals surface area (Å²) in [4.78, 5) is 0. The van der Waals surface area contributed by atoms with Gasteiger partial charge in [0, 0.05) is 5.92 Å². The molecule has 8 aromatic carbocycles. The van der Waals surface area contributed by atoms with Gasteiger partial charge < -0.3 is 0 Å². The first-order valence-corrected chi connectivity index (χ1v) is 16.7. The first-order chi connectivity index (χ1) is 23.6. The zero-order valence-electron chi connectivity index (χ0n) is 28.1. The minimum atomic E-state index is 0.198. The molecule has 0 N–H and O–H groups in total. The third-order valence-electron chi connectivity index (χ3n) is 8.84. The van der Waals surface area contributed by atoms with Gasteiger partial charge in [-0.3, -0.25) is 0 Å². The molecule has 1 unspecified atom stereocenters. The molecular weight excluding hydrogens is 577 g/mol. The van der Waals surface area contributed by atoms with Crippen molar-refractivity contribution in [2.45, 2.75) is 26.7 Å². The van der Waals surface area contributed by atoms with Crippen molar-refractivity contribution in [2.24, 2.45) is 0 Å². The van der Waals surface area contributed by atoms with Gasteiger partial charge in [0.15, 0.2) is 0 Å². The molecule has 8 aromatic rings. The Bertz CT molecular complexity index is 2160. The van der Waals surface area contributed by atoms with E-state index in [-0.39, 0.29) is 5.92 Å². The zero-order valence-corrected chi connectivity index (χ0v) is 28.1. The highest BCUT2D eigenvalue weighted by atomic mass is 14.2. The van der Waals surface area contributed by atoms with Crippen LogP contribution in [0.4, 0.5) is 0 Å². The maximum absolute atomic E-state index is 2.29. The lowest BCUT2D eigenvalue weighted by atomic mass is 9.82. The fourth-order valence-corrected chi connectivity index (χ4v) is 6.24. The molecule has 0 nitrogen and oxygen atoms in total. The smallest absolute Gasteiger partial charge is 0.0346 e. The summed E-state index contributed by atoms with van der Waals surface area (Å²) in [5, 5.41) is 5.28. The van der Waals surface area contributed by atoms with Crippen molar-refractivity contribution in [3.05, 3.63) is 228 Å². The fraction of sp³-hybridized carbons (Fsp3) is 0.0833. The van der Waals surface area contributed by atoms with Crippen LogP contribution < -0.4 is 0 Å². The molecule has 0 heterocycles. The van der Waals surface area contributed by atoms with Gasteiger partial charge >= 0.3 is 0 Å². The van der Waals surface area contributed by atoms with Gasteiger partial charge in [-0.25, -0.2) is 0 Å². The number of benzene rings is 8. The van der Waals surface area contributed by atoms with Crippen LogP contribution in [-0.2, 0) is 0 Å². The van der Waals surface area contributed by atoms with Crippen LogP contribution in [0.2, 0.25) is 0 Å². The number of rotatable bonds is 4. The summed E-state index contributed by atoms with van der Waals surface area (Å²) in [5.74, 6) is 0.198. The van der Waals surface area contributed by atoms with Crippen LogP contribution in [0.1, 0.15) is 39.3 Å². The average molecular weight is 619 g/mol. The van der Waals surface area contributed by atoms with Gasteiger partial charge in [-0.1, -0.05) is 205 Å². The molecule has 0 amide bonds. The molecular formula is C48H42. The number of hydrogen-bond acceptors (Lipinski definition) is 0. The van der Waals surface area contributed by atoms with E-state index in [0.717, 1.165) is 0 Å². The number of fused-ring (bicyclic) bond motifs is 2. The zero-order chi connectivity index (χ0) is 33.1. The molecule has 0 aliphatic heterocycles. The molecule has 0 aromatic heterocycles. The molecule has 0 aliphatic carbocycles. The Hall–Kier alpha value is -5.72. The lowest BCUT2D eigenvalue weighted by Gasteiger charge is -2.21. The van der Waals surface area contributed by atoms with Gasteiger partial charge in [-0.2, -0.15) is 0 Å². The van der Waals surface area contributed by atoms with Crippen LogP contribution in [0.15, 0.2) is 194 Å². The van der Waals surface area contributed by atoms with E-state index in [1.54, 1.807) is 0 Å². The molecule has 0 aliphatic rings. The van der Waals surface area contributed by atoms with Crippen LogP contribution in [0.3, 0.4) is 0 Å². The lowest BCUT2D eigenvalue weighted by Crippen LogP contribution is -2.04. The Balaban J connectivity index is 0.000000180. The Labute approximate surface area is 286 Å². The minimum Gasteiger partial charge on any atom is -0.0622 e. The highest BCUT2D eigenvalue weighted by molar-refractivity contribution is 5.87. The van der Waals surface area contributed by atoms with E-state index in [0.29, 0.717) is 0 Å². The molecule has 0 saturated heterocycles. The molecule has 0 heteroatoms. The Morgan fingerprint density at radius 3 is 1.33 bits per heavy atom. The first-order valence-electron chi connectivity index (χ1n) is 16.7. The van der Waals surface area contributed by atoms with Crippen molar-refractivity contribution in [1.29, 1.82) is 0 Å². The van der Waals surface area contributed by atoms with E-state index in [4.69, 9.17) is 0 Å². The van der Waals surface area contributed by atoms with Crippen molar-refractivity contribution < 1.29 is 0 Å². The van der Waals surface area contributed by atoms with Crippen LogP contribution in [0, 0.1) is 20.8 Å². The molecule has 0 fully saturated rings. The van der Waals surface area contributed by atoms with Crippen LogP contribution >= 0.6 is 0 Å². The summed E-state index contributed by atoms with van der Waals surface area (Å²) in [5.41, 5.74) is 10.4. The van der Waals surface area contributed by atoms with Crippen molar-refractivity contribution >= 4 is 21.5 Å².